The van der Waals surface area contributed by atoms with Gasteiger partial charge in [-0.3, -0.25) is 0 Å². The first kappa shape index (κ1) is 15.5. The van der Waals surface area contributed by atoms with Gasteiger partial charge in [0.1, 0.15) is 10.6 Å². The van der Waals surface area contributed by atoms with Crippen molar-refractivity contribution in [3.8, 4) is 0 Å². The molecule has 2 aromatic heterocycles. The Bertz CT molecular complexity index is 567. The summed E-state index contributed by atoms with van der Waals surface area (Å²) < 4.78 is 0. The highest BCUT2D eigenvalue weighted by Crippen LogP contribution is 2.29. The minimum absolute atomic E-state index is 0.226. The molecule has 2 N–H and O–H groups in total. The minimum Gasteiger partial charge on any atom is -0.396 e. The number of thiophene rings is 1. The lowest BCUT2D eigenvalue weighted by molar-refractivity contribution is 0.255. The molecule has 0 spiro atoms. The molecule has 0 aliphatic heterocycles. The van der Waals surface area contributed by atoms with E-state index in [1.807, 2.05) is 0 Å². The van der Waals surface area contributed by atoms with Gasteiger partial charge in [-0.05, 0) is 43.4 Å². The summed E-state index contributed by atoms with van der Waals surface area (Å²) in [4.78, 5) is 10.7. The van der Waals surface area contributed by atoms with Crippen molar-refractivity contribution in [2.45, 2.75) is 33.1 Å². The molecule has 0 fully saturated rings. The lowest BCUT2D eigenvalue weighted by Crippen LogP contribution is -2.16. The van der Waals surface area contributed by atoms with Gasteiger partial charge >= 0.3 is 0 Å². The van der Waals surface area contributed by atoms with Crippen LogP contribution < -0.4 is 5.32 Å². The molecule has 2 rings (SSSR count). The molecule has 0 amide bonds. The van der Waals surface area contributed by atoms with Crippen LogP contribution in [0.25, 0.3) is 10.2 Å². The van der Waals surface area contributed by atoms with E-state index in [2.05, 4.69) is 35.2 Å². The van der Waals surface area contributed by atoms with Gasteiger partial charge < -0.3 is 10.4 Å². The minimum atomic E-state index is 0.226. The number of aliphatic hydroxyl groups excluding tert-OH is 1. The molecule has 1 atom stereocenters. The van der Waals surface area contributed by atoms with E-state index < -0.39 is 0 Å². The van der Waals surface area contributed by atoms with Gasteiger partial charge in [0.25, 0.3) is 0 Å². The van der Waals surface area contributed by atoms with Crippen molar-refractivity contribution in [2.75, 3.05) is 18.5 Å². The molecule has 0 aliphatic rings. The summed E-state index contributed by atoms with van der Waals surface area (Å²) in [7, 11) is 0. The highest BCUT2D eigenvalue weighted by molar-refractivity contribution is 7.18. The maximum Gasteiger partial charge on any atom is 0.225 e. The predicted octanol–water partition coefficient (Wildman–Crippen LogP) is 3.86. The molecule has 4 nitrogen and oxygen atoms in total. The molecule has 0 bridgehead atoms. The number of nitrogens with zero attached hydrogens (tertiary/aromatic N) is 2. The maximum atomic E-state index is 9.11. The standard InChI is InChI=1S/C14H20ClN3OS/c1-3-4-10(5-6-19)8-16-12-11-7-9(2)20-13(11)18-14(15)17-12/h7,10,19H,3-6,8H2,1-2H3,(H,16,17,18). The Morgan fingerprint density at radius 1 is 1.40 bits per heavy atom. The third-order valence-electron chi connectivity index (χ3n) is 3.28. The van der Waals surface area contributed by atoms with Gasteiger partial charge in [0, 0.05) is 18.0 Å². The van der Waals surface area contributed by atoms with Gasteiger partial charge in [0.05, 0.1) is 5.39 Å². The molecule has 0 radical (unpaired) electrons. The third-order valence-corrected chi connectivity index (χ3v) is 4.39. The van der Waals surface area contributed by atoms with E-state index in [9.17, 15) is 0 Å². The van der Waals surface area contributed by atoms with Crippen molar-refractivity contribution in [1.29, 1.82) is 0 Å². The summed E-state index contributed by atoms with van der Waals surface area (Å²) in [6.07, 6.45) is 3.02. The van der Waals surface area contributed by atoms with Gasteiger partial charge in [-0.15, -0.1) is 11.3 Å². The van der Waals surface area contributed by atoms with Crippen LogP contribution in [0.15, 0.2) is 6.07 Å². The number of anilines is 1. The lowest BCUT2D eigenvalue weighted by atomic mass is 10.0. The van der Waals surface area contributed by atoms with Crippen LogP contribution in [-0.2, 0) is 0 Å². The van der Waals surface area contributed by atoms with Gasteiger partial charge in [0.15, 0.2) is 0 Å². The number of nitrogens with one attached hydrogen (secondary N) is 1. The average molecular weight is 314 g/mol. The molecule has 20 heavy (non-hydrogen) atoms. The molecule has 2 aromatic rings. The fraction of sp³-hybridized carbons (Fsp3) is 0.571. The van der Waals surface area contributed by atoms with Crippen molar-refractivity contribution in [3.63, 3.8) is 0 Å². The molecular formula is C14H20ClN3OS. The van der Waals surface area contributed by atoms with Crippen molar-refractivity contribution < 1.29 is 5.11 Å². The Morgan fingerprint density at radius 3 is 2.90 bits per heavy atom. The maximum absolute atomic E-state index is 9.11. The van der Waals surface area contributed by atoms with E-state index in [-0.39, 0.29) is 11.9 Å². The monoisotopic (exact) mass is 313 g/mol. The second kappa shape index (κ2) is 7.20. The molecule has 0 saturated carbocycles. The van der Waals surface area contributed by atoms with E-state index in [4.69, 9.17) is 16.7 Å². The lowest BCUT2D eigenvalue weighted by Gasteiger charge is -2.16. The third kappa shape index (κ3) is 3.81. The van der Waals surface area contributed by atoms with Gasteiger partial charge in [-0.25, -0.2) is 9.97 Å². The molecule has 6 heteroatoms. The Balaban J connectivity index is 2.15. The Morgan fingerprint density at radius 2 is 2.20 bits per heavy atom. The van der Waals surface area contributed by atoms with Crippen LogP contribution in [-0.4, -0.2) is 28.2 Å². The predicted molar refractivity (Wildman–Crippen MR) is 85.8 cm³/mol. The van der Waals surface area contributed by atoms with Gasteiger partial charge in [0.2, 0.25) is 5.28 Å². The largest absolute Gasteiger partial charge is 0.396 e. The topological polar surface area (TPSA) is 58.0 Å². The number of aromatic nitrogens is 2. The van der Waals surface area contributed by atoms with Crippen LogP contribution in [0.3, 0.4) is 0 Å². The zero-order valence-electron chi connectivity index (χ0n) is 11.8. The summed E-state index contributed by atoms with van der Waals surface area (Å²) >= 11 is 7.59. The van der Waals surface area contributed by atoms with Crippen molar-refractivity contribution in [1.82, 2.24) is 9.97 Å². The number of aliphatic hydroxyl groups is 1. The van der Waals surface area contributed by atoms with E-state index >= 15 is 0 Å². The number of halogens is 1. The first-order chi connectivity index (χ1) is 9.63. The molecular weight excluding hydrogens is 294 g/mol. The van der Waals surface area contributed by atoms with Crippen LogP contribution in [0.1, 0.15) is 31.1 Å². The Labute approximate surface area is 128 Å². The summed E-state index contributed by atoms with van der Waals surface area (Å²) in [5, 5.41) is 13.8. The van der Waals surface area contributed by atoms with Crippen LogP contribution in [0, 0.1) is 12.8 Å². The van der Waals surface area contributed by atoms with Crippen LogP contribution in [0.2, 0.25) is 5.28 Å². The fourth-order valence-corrected chi connectivity index (χ4v) is 3.43. The van der Waals surface area contributed by atoms with E-state index in [0.29, 0.717) is 5.92 Å². The number of fused-ring (bicyclic) bond motifs is 1. The summed E-state index contributed by atoms with van der Waals surface area (Å²) in [5.74, 6) is 1.25. The Hall–Kier alpha value is -0.910. The average Bonchev–Trinajstić information content (AvgIpc) is 2.76. The molecule has 0 aliphatic carbocycles. The zero-order valence-corrected chi connectivity index (χ0v) is 13.4. The van der Waals surface area contributed by atoms with Crippen molar-refractivity contribution in [3.05, 3.63) is 16.2 Å². The summed E-state index contributed by atoms with van der Waals surface area (Å²) in [6, 6.07) is 2.08. The SMILES string of the molecule is CCCC(CCO)CNc1nc(Cl)nc2sc(C)cc12. The summed E-state index contributed by atoms with van der Waals surface area (Å²) in [6.45, 7) is 5.23. The number of hydrogen-bond acceptors (Lipinski definition) is 5. The van der Waals surface area contributed by atoms with Crippen LogP contribution in [0.4, 0.5) is 5.82 Å². The first-order valence-electron chi connectivity index (χ1n) is 6.92. The summed E-state index contributed by atoms with van der Waals surface area (Å²) in [5.41, 5.74) is 0. The highest BCUT2D eigenvalue weighted by atomic mass is 35.5. The number of hydrogen-bond donors (Lipinski definition) is 2. The quantitative estimate of drug-likeness (QED) is 0.762. The molecule has 2 heterocycles. The highest BCUT2D eigenvalue weighted by Gasteiger charge is 2.12. The van der Waals surface area contributed by atoms with Crippen molar-refractivity contribution in [2.24, 2.45) is 5.92 Å². The smallest absolute Gasteiger partial charge is 0.225 e. The van der Waals surface area contributed by atoms with Crippen LogP contribution in [0.5, 0.6) is 0 Å². The second-order valence-electron chi connectivity index (χ2n) is 4.97. The van der Waals surface area contributed by atoms with E-state index in [1.165, 1.54) is 4.88 Å². The number of aryl methyl sites for hydroxylation is 1. The Kier molecular flexibility index (Phi) is 5.57. The molecule has 1 unspecified atom stereocenters. The van der Waals surface area contributed by atoms with E-state index in [0.717, 1.165) is 41.8 Å². The fourth-order valence-electron chi connectivity index (χ4n) is 2.33. The molecule has 110 valence electrons. The molecule has 0 saturated heterocycles. The molecule has 0 aromatic carbocycles. The van der Waals surface area contributed by atoms with E-state index in [1.54, 1.807) is 11.3 Å². The zero-order chi connectivity index (χ0) is 14.5. The van der Waals surface area contributed by atoms with Crippen molar-refractivity contribution >= 4 is 39.0 Å². The first-order valence-corrected chi connectivity index (χ1v) is 8.12. The van der Waals surface area contributed by atoms with Gasteiger partial charge in [-0.1, -0.05) is 13.3 Å². The second-order valence-corrected chi connectivity index (χ2v) is 6.54. The normalized spacial score (nSPS) is 12.8. The number of rotatable bonds is 7. The van der Waals surface area contributed by atoms with Crippen LogP contribution >= 0.6 is 22.9 Å². The van der Waals surface area contributed by atoms with Gasteiger partial charge in [-0.2, -0.15) is 0 Å².